The fourth-order valence-electron chi connectivity index (χ4n) is 3.41. The van der Waals surface area contributed by atoms with E-state index in [4.69, 9.17) is 9.47 Å². The zero-order chi connectivity index (χ0) is 24.9. The minimum atomic E-state index is -0.485. The van der Waals surface area contributed by atoms with Crippen molar-refractivity contribution in [3.05, 3.63) is 97.5 Å². The number of amides is 2. The Balaban J connectivity index is 1.54. The first-order valence-electron chi connectivity index (χ1n) is 10.9. The predicted octanol–water partition coefficient (Wildman–Crippen LogP) is 6.45. The van der Waals surface area contributed by atoms with Crippen molar-refractivity contribution in [1.29, 1.82) is 0 Å². The second-order valence-electron chi connectivity index (χ2n) is 7.76. The molecule has 8 heteroatoms. The maximum Gasteiger partial charge on any atom is 0.344 e. The molecular weight excluding hydrogens is 577 g/mol. The molecule has 0 spiro atoms. The minimum Gasteiger partial charge on any atom is -0.490 e. The molecule has 4 rings (SSSR count). The number of benzene rings is 3. The van der Waals surface area contributed by atoms with Crippen molar-refractivity contribution in [3.8, 4) is 11.5 Å². The highest BCUT2D eigenvalue weighted by Gasteiger charge is 2.35. The lowest BCUT2D eigenvalue weighted by molar-refractivity contribution is -0.123. The van der Waals surface area contributed by atoms with Crippen molar-refractivity contribution >= 4 is 57.5 Å². The zero-order valence-electron chi connectivity index (χ0n) is 19.1. The van der Waals surface area contributed by atoms with Gasteiger partial charge in [-0.2, -0.15) is 0 Å². The summed E-state index contributed by atoms with van der Waals surface area (Å²) < 4.78 is 12.1. The van der Waals surface area contributed by atoms with Gasteiger partial charge in [0, 0.05) is 3.57 Å². The molecule has 1 aliphatic rings. The lowest BCUT2D eigenvalue weighted by Gasteiger charge is -2.13. The Morgan fingerprint density at radius 2 is 1.77 bits per heavy atom. The van der Waals surface area contributed by atoms with Crippen LogP contribution in [0.4, 0.5) is 4.79 Å². The summed E-state index contributed by atoms with van der Waals surface area (Å²) in [6, 6.07) is 19.9. The van der Waals surface area contributed by atoms with Crippen molar-refractivity contribution in [2.24, 2.45) is 0 Å². The number of carbonyl (C=O) groups is 3. The van der Waals surface area contributed by atoms with Gasteiger partial charge in [-0.05, 0) is 89.7 Å². The molecule has 0 atom stereocenters. The van der Waals surface area contributed by atoms with Gasteiger partial charge in [0.15, 0.2) is 11.5 Å². The number of aryl methyl sites for hydroxylation is 1. The molecule has 0 N–H and O–H groups in total. The molecule has 0 aromatic heterocycles. The average Bonchev–Trinajstić information content (AvgIpc) is 3.09. The predicted molar refractivity (Wildman–Crippen MR) is 144 cm³/mol. The number of hydrogen-bond donors (Lipinski definition) is 0. The van der Waals surface area contributed by atoms with E-state index in [1.165, 1.54) is 4.90 Å². The maximum atomic E-state index is 12.9. The molecule has 3 aromatic rings. The Hall–Kier alpha value is -3.11. The topological polar surface area (TPSA) is 72.9 Å². The lowest BCUT2D eigenvalue weighted by atomic mass is 10.1. The van der Waals surface area contributed by atoms with E-state index >= 15 is 0 Å². The number of rotatable bonds is 7. The van der Waals surface area contributed by atoms with Gasteiger partial charge in [-0.1, -0.05) is 48.0 Å². The average molecular weight is 599 g/mol. The first-order valence-corrected chi connectivity index (χ1v) is 12.8. The normalized spacial score (nSPS) is 14.5. The Kier molecular flexibility index (Phi) is 7.92. The highest BCUT2D eigenvalue weighted by atomic mass is 127. The van der Waals surface area contributed by atoms with Crippen LogP contribution in [-0.4, -0.2) is 28.6 Å². The van der Waals surface area contributed by atoms with E-state index in [9.17, 15) is 14.4 Å². The van der Waals surface area contributed by atoms with Crippen LogP contribution < -0.4 is 9.47 Å². The Bertz CT molecular complexity index is 1320. The molecule has 0 radical (unpaired) electrons. The van der Waals surface area contributed by atoms with Crippen LogP contribution in [0.25, 0.3) is 6.08 Å². The number of halogens is 1. The summed E-state index contributed by atoms with van der Waals surface area (Å²) in [6.45, 7) is 4.40. The fraction of sp³-hybridized carbons (Fsp3) is 0.148. The van der Waals surface area contributed by atoms with Gasteiger partial charge >= 0.3 is 5.97 Å². The van der Waals surface area contributed by atoms with Gasteiger partial charge < -0.3 is 9.47 Å². The summed E-state index contributed by atoms with van der Waals surface area (Å²) in [5.74, 6) is -0.172. The molecule has 35 heavy (non-hydrogen) atoms. The molecule has 0 bridgehead atoms. The zero-order valence-corrected chi connectivity index (χ0v) is 22.1. The number of carbonyl (C=O) groups excluding carboxylic acids is 3. The summed E-state index contributed by atoms with van der Waals surface area (Å²) in [4.78, 5) is 39.6. The van der Waals surface area contributed by atoms with E-state index in [0.29, 0.717) is 28.4 Å². The Labute approximate surface area is 221 Å². The van der Waals surface area contributed by atoms with Crippen LogP contribution in [0.2, 0.25) is 0 Å². The molecule has 1 fully saturated rings. The van der Waals surface area contributed by atoms with E-state index in [-0.39, 0.29) is 23.4 Å². The second-order valence-corrected chi connectivity index (χ2v) is 9.92. The molecular formula is C27H22INO5S. The highest BCUT2D eigenvalue weighted by molar-refractivity contribution is 14.1. The molecule has 6 nitrogen and oxygen atoms in total. The number of nitrogens with zero attached hydrogens (tertiary/aromatic N) is 1. The van der Waals surface area contributed by atoms with E-state index < -0.39 is 5.97 Å². The first kappa shape index (κ1) is 25.0. The van der Waals surface area contributed by atoms with Crippen LogP contribution in [-0.2, 0) is 11.3 Å². The molecule has 0 unspecified atom stereocenters. The lowest BCUT2D eigenvalue weighted by Crippen LogP contribution is -2.27. The number of thioether (sulfide) groups is 1. The largest absolute Gasteiger partial charge is 0.490 e. The third-order valence-corrected chi connectivity index (χ3v) is 7.04. The van der Waals surface area contributed by atoms with Crippen molar-refractivity contribution < 1.29 is 23.9 Å². The smallest absolute Gasteiger partial charge is 0.344 e. The van der Waals surface area contributed by atoms with Crippen LogP contribution >= 0.6 is 34.4 Å². The van der Waals surface area contributed by atoms with Crippen molar-refractivity contribution in [2.45, 2.75) is 20.4 Å². The molecule has 178 valence electrons. The van der Waals surface area contributed by atoms with Crippen LogP contribution in [0, 0.1) is 10.5 Å². The highest BCUT2D eigenvalue weighted by Crippen LogP contribution is 2.35. The molecule has 1 saturated heterocycles. The summed E-state index contributed by atoms with van der Waals surface area (Å²) in [5, 5.41) is -0.310. The van der Waals surface area contributed by atoms with Gasteiger partial charge in [-0.3, -0.25) is 14.5 Å². The number of hydrogen-bond acceptors (Lipinski definition) is 6. The summed E-state index contributed by atoms with van der Waals surface area (Å²) in [7, 11) is 0. The third-order valence-electron chi connectivity index (χ3n) is 5.20. The molecule has 1 aliphatic heterocycles. The molecule has 3 aromatic carbocycles. The second kappa shape index (κ2) is 11.1. The van der Waals surface area contributed by atoms with Gasteiger partial charge in [0.1, 0.15) is 0 Å². The number of esters is 1. The van der Waals surface area contributed by atoms with Gasteiger partial charge in [-0.25, -0.2) is 4.79 Å². The van der Waals surface area contributed by atoms with E-state index in [2.05, 4.69) is 22.6 Å². The van der Waals surface area contributed by atoms with Crippen LogP contribution in [0.15, 0.2) is 71.6 Å². The molecule has 0 saturated carbocycles. The quantitative estimate of drug-likeness (QED) is 0.135. The first-order chi connectivity index (χ1) is 16.9. The van der Waals surface area contributed by atoms with E-state index in [1.807, 2.05) is 50.2 Å². The van der Waals surface area contributed by atoms with Gasteiger partial charge in [0.25, 0.3) is 11.1 Å². The van der Waals surface area contributed by atoms with Crippen molar-refractivity contribution in [1.82, 2.24) is 4.90 Å². The van der Waals surface area contributed by atoms with E-state index in [0.717, 1.165) is 26.5 Å². The molecule has 1 heterocycles. The molecule has 0 aliphatic carbocycles. The fourth-order valence-corrected chi connectivity index (χ4v) is 4.86. The SMILES string of the molecule is CCOc1cc(/C=C2\SC(=O)N(Cc3ccc(C)cc3)C2=O)ccc1OC(=O)c1ccccc1I. The number of imide groups is 1. The Morgan fingerprint density at radius 3 is 2.49 bits per heavy atom. The summed E-state index contributed by atoms with van der Waals surface area (Å²) in [6.07, 6.45) is 1.65. The minimum absolute atomic E-state index is 0.222. The monoisotopic (exact) mass is 599 g/mol. The summed E-state index contributed by atoms with van der Waals surface area (Å²) >= 11 is 2.99. The standard InChI is InChI=1S/C27H22INO5S/c1-3-33-23-14-19(12-13-22(23)34-26(31)20-6-4-5-7-21(20)28)15-24-25(30)29(27(32)35-24)16-18-10-8-17(2)9-11-18/h4-15H,3,16H2,1-2H3/b24-15-. The Morgan fingerprint density at radius 1 is 1.03 bits per heavy atom. The van der Waals surface area contributed by atoms with Crippen LogP contribution in [0.5, 0.6) is 11.5 Å². The van der Waals surface area contributed by atoms with Crippen LogP contribution in [0.1, 0.15) is 34.0 Å². The van der Waals surface area contributed by atoms with E-state index in [1.54, 1.807) is 36.4 Å². The summed E-state index contributed by atoms with van der Waals surface area (Å²) in [5.41, 5.74) is 3.11. The molecule has 2 amide bonds. The van der Waals surface area contributed by atoms with Gasteiger partial charge in [0.05, 0.1) is 23.6 Å². The van der Waals surface area contributed by atoms with Crippen LogP contribution in [0.3, 0.4) is 0 Å². The van der Waals surface area contributed by atoms with Gasteiger partial charge in [-0.15, -0.1) is 0 Å². The van der Waals surface area contributed by atoms with Crippen molar-refractivity contribution in [2.75, 3.05) is 6.61 Å². The van der Waals surface area contributed by atoms with Gasteiger partial charge in [0.2, 0.25) is 0 Å². The maximum absolute atomic E-state index is 12.9. The third kappa shape index (κ3) is 5.94. The van der Waals surface area contributed by atoms with Crippen molar-refractivity contribution in [3.63, 3.8) is 0 Å². The number of ether oxygens (including phenoxy) is 2.